The average molecular weight is 338 g/mol. The Morgan fingerprint density at radius 1 is 0.917 bits per heavy atom. The summed E-state index contributed by atoms with van der Waals surface area (Å²) in [5, 5.41) is 25.4. The predicted octanol–water partition coefficient (Wildman–Crippen LogP) is 3.43. The molecular formula is C13H8F2N4O5. The van der Waals surface area contributed by atoms with Crippen LogP contribution >= 0.6 is 0 Å². The summed E-state index contributed by atoms with van der Waals surface area (Å²) in [4.78, 5) is 31.3. The maximum atomic E-state index is 13.6. The zero-order valence-corrected chi connectivity index (χ0v) is 11.7. The number of nitrogens with one attached hydrogen (secondary N) is 2. The van der Waals surface area contributed by atoms with E-state index in [4.69, 9.17) is 0 Å². The van der Waals surface area contributed by atoms with E-state index < -0.39 is 44.6 Å². The van der Waals surface area contributed by atoms with Crippen molar-refractivity contribution < 1.29 is 23.4 Å². The Bertz CT molecular complexity index is 843. The molecule has 0 saturated carbocycles. The van der Waals surface area contributed by atoms with Crippen LogP contribution in [0.2, 0.25) is 0 Å². The van der Waals surface area contributed by atoms with Crippen molar-refractivity contribution in [2.24, 2.45) is 0 Å². The lowest BCUT2D eigenvalue weighted by atomic mass is 10.2. The van der Waals surface area contributed by atoms with E-state index in [2.05, 4.69) is 5.32 Å². The smallest absolute Gasteiger partial charge is 0.307 e. The van der Waals surface area contributed by atoms with Crippen LogP contribution in [0.1, 0.15) is 0 Å². The number of benzene rings is 2. The third-order valence-electron chi connectivity index (χ3n) is 2.81. The molecule has 0 aliphatic carbocycles. The molecule has 2 aromatic carbocycles. The number of nitrogens with zero attached hydrogens (tertiary/aromatic N) is 2. The monoisotopic (exact) mass is 338 g/mol. The van der Waals surface area contributed by atoms with Crippen LogP contribution in [0.5, 0.6) is 0 Å². The van der Waals surface area contributed by atoms with Crippen LogP contribution in [0, 0.1) is 31.9 Å². The number of carbonyl (C=O) groups excluding carboxylic acids is 1. The van der Waals surface area contributed by atoms with Crippen molar-refractivity contribution in [3.8, 4) is 0 Å². The Labute approximate surface area is 132 Å². The highest BCUT2D eigenvalue weighted by atomic mass is 19.1. The van der Waals surface area contributed by atoms with Gasteiger partial charge in [0.15, 0.2) is 0 Å². The molecule has 0 spiro atoms. The summed E-state index contributed by atoms with van der Waals surface area (Å²) in [6, 6.07) is 4.13. The van der Waals surface area contributed by atoms with E-state index >= 15 is 0 Å². The van der Waals surface area contributed by atoms with Crippen LogP contribution in [0.4, 0.5) is 36.3 Å². The van der Waals surface area contributed by atoms with Crippen LogP contribution in [-0.4, -0.2) is 15.9 Å². The molecule has 124 valence electrons. The number of rotatable bonds is 4. The van der Waals surface area contributed by atoms with Gasteiger partial charge < -0.3 is 10.6 Å². The van der Waals surface area contributed by atoms with Crippen molar-refractivity contribution in [2.45, 2.75) is 0 Å². The third-order valence-corrected chi connectivity index (χ3v) is 2.81. The SMILES string of the molecule is O=C(Nc1ccc(F)c([N+](=O)[O-])c1)Nc1cc([N+](=O)[O-])ccc1F. The zero-order valence-electron chi connectivity index (χ0n) is 11.7. The number of carbonyl (C=O) groups is 1. The number of amides is 2. The van der Waals surface area contributed by atoms with Crippen molar-refractivity contribution in [1.29, 1.82) is 0 Å². The third kappa shape index (κ3) is 3.76. The molecule has 2 N–H and O–H groups in total. The van der Waals surface area contributed by atoms with Crippen LogP contribution in [0.3, 0.4) is 0 Å². The molecule has 0 aliphatic rings. The maximum Gasteiger partial charge on any atom is 0.323 e. The molecule has 0 aliphatic heterocycles. The van der Waals surface area contributed by atoms with E-state index in [0.29, 0.717) is 0 Å². The van der Waals surface area contributed by atoms with Crippen molar-refractivity contribution in [2.75, 3.05) is 10.6 Å². The Morgan fingerprint density at radius 2 is 1.58 bits per heavy atom. The van der Waals surface area contributed by atoms with Crippen molar-refractivity contribution in [3.05, 3.63) is 68.3 Å². The largest absolute Gasteiger partial charge is 0.323 e. The summed E-state index contributed by atoms with van der Waals surface area (Å²) >= 11 is 0. The lowest BCUT2D eigenvalue weighted by molar-refractivity contribution is -0.387. The Balaban J connectivity index is 2.17. The molecule has 0 heterocycles. The van der Waals surface area contributed by atoms with Crippen LogP contribution < -0.4 is 10.6 Å². The van der Waals surface area contributed by atoms with Crippen LogP contribution in [0.15, 0.2) is 36.4 Å². The van der Waals surface area contributed by atoms with Crippen LogP contribution in [-0.2, 0) is 0 Å². The van der Waals surface area contributed by atoms with Gasteiger partial charge in [0, 0.05) is 23.9 Å². The number of nitro groups is 2. The standard InChI is InChI=1S/C13H8F2N4O5/c14-9-4-2-8(18(21)22)6-11(9)17-13(20)16-7-1-3-10(15)12(5-7)19(23)24/h1-6H,(H2,16,17,20). The van der Waals surface area contributed by atoms with E-state index in [1.165, 1.54) is 0 Å². The van der Waals surface area contributed by atoms with Crippen molar-refractivity contribution in [3.63, 3.8) is 0 Å². The summed E-state index contributed by atoms with van der Waals surface area (Å²) in [6.45, 7) is 0. The first-order chi connectivity index (χ1) is 11.3. The molecule has 0 fully saturated rings. The molecule has 0 bridgehead atoms. The summed E-state index contributed by atoms with van der Waals surface area (Å²) in [6.07, 6.45) is 0. The van der Waals surface area contributed by atoms with Gasteiger partial charge in [0.25, 0.3) is 5.69 Å². The first-order valence-corrected chi connectivity index (χ1v) is 6.24. The molecule has 2 rings (SSSR count). The van der Waals surface area contributed by atoms with Gasteiger partial charge in [0.05, 0.1) is 15.5 Å². The minimum absolute atomic E-state index is 0.119. The molecule has 0 aromatic heterocycles. The average Bonchev–Trinajstić information content (AvgIpc) is 2.50. The highest BCUT2D eigenvalue weighted by Crippen LogP contribution is 2.23. The fourth-order valence-corrected chi connectivity index (χ4v) is 1.74. The van der Waals surface area contributed by atoms with Crippen molar-refractivity contribution in [1.82, 2.24) is 0 Å². The topological polar surface area (TPSA) is 127 Å². The minimum atomic E-state index is -1.09. The summed E-state index contributed by atoms with van der Waals surface area (Å²) in [7, 11) is 0. The fraction of sp³-hybridized carbons (Fsp3) is 0. The van der Waals surface area contributed by atoms with Gasteiger partial charge >= 0.3 is 11.7 Å². The lowest BCUT2D eigenvalue weighted by Gasteiger charge is -2.08. The van der Waals surface area contributed by atoms with Crippen LogP contribution in [0.25, 0.3) is 0 Å². The van der Waals surface area contributed by atoms with Gasteiger partial charge in [-0.15, -0.1) is 0 Å². The normalized spacial score (nSPS) is 10.1. The van der Waals surface area contributed by atoms with Gasteiger partial charge in [-0.3, -0.25) is 20.2 Å². The molecule has 2 aromatic rings. The molecule has 0 saturated heterocycles. The van der Waals surface area contributed by atoms with E-state index in [0.717, 1.165) is 36.4 Å². The molecule has 11 heteroatoms. The quantitative estimate of drug-likeness (QED) is 0.652. The maximum absolute atomic E-state index is 13.6. The fourth-order valence-electron chi connectivity index (χ4n) is 1.74. The number of anilines is 2. The molecule has 2 amide bonds. The summed E-state index contributed by atoms with van der Waals surface area (Å²) < 4.78 is 26.7. The van der Waals surface area contributed by atoms with Gasteiger partial charge in [0.1, 0.15) is 5.82 Å². The zero-order chi connectivity index (χ0) is 17.9. The number of urea groups is 1. The Morgan fingerprint density at radius 3 is 2.21 bits per heavy atom. The van der Waals surface area contributed by atoms with Gasteiger partial charge in [0.2, 0.25) is 5.82 Å². The number of hydrogen-bond acceptors (Lipinski definition) is 5. The Kier molecular flexibility index (Phi) is 4.63. The van der Waals surface area contributed by atoms with Gasteiger partial charge in [-0.1, -0.05) is 0 Å². The van der Waals surface area contributed by atoms with E-state index in [-0.39, 0.29) is 5.69 Å². The second kappa shape index (κ2) is 6.64. The minimum Gasteiger partial charge on any atom is -0.307 e. The second-order valence-electron chi connectivity index (χ2n) is 4.42. The summed E-state index contributed by atoms with van der Waals surface area (Å²) in [5.74, 6) is -2.00. The number of halogens is 2. The summed E-state index contributed by atoms with van der Waals surface area (Å²) in [5.41, 5.74) is -1.87. The lowest BCUT2D eigenvalue weighted by Crippen LogP contribution is -2.20. The number of hydrogen-bond donors (Lipinski definition) is 2. The van der Waals surface area contributed by atoms with Gasteiger partial charge in [-0.2, -0.15) is 4.39 Å². The second-order valence-corrected chi connectivity index (χ2v) is 4.42. The molecule has 0 unspecified atom stereocenters. The highest BCUT2D eigenvalue weighted by molar-refractivity contribution is 6.00. The van der Waals surface area contributed by atoms with E-state index in [1.54, 1.807) is 0 Å². The van der Waals surface area contributed by atoms with Crippen molar-refractivity contribution >= 4 is 28.8 Å². The molecule has 24 heavy (non-hydrogen) atoms. The molecule has 9 nitrogen and oxygen atoms in total. The number of nitro benzene ring substituents is 2. The molecule has 0 atom stereocenters. The van der Waals surface area contributed by atoms with Gasteiger partial charge in [-0.25, -0.2) is 9.18 Å². The van der Waals surface area contributed by atoms with E-state index in [9.17, 15) is 33.8 Å². The van der Waals surface area contributed by atoms with Gasteiger partial charge in [-0.05, 0) is 18.2 Å². The predicted molar refractivity (Wildman–Crippen MR) is 78.8 cm³/mol. The molecular weight excluding hydrogens is 330 g/mol. The highest BCUT2D eigenvalue weighted by Gasteiger charge is 2.17. The van der Waals surface area contributed by atoms with E-state index in [1.807, 2.05) is 5.32 Å². The first kappa shape index (κ1) is 16.7. The molecule has 0 radical (unpaired) electrons. The first-order valence-electron chi connectivity index (χ1n) is 6.24. The number of non-ortho nitro benzene ring substituents is 1. The Hall–Kier alpha value is -3.63.